The summed E-state index contributed by atoms with van der Waals surface area (Å²) in [5.74, 6) is 9.18. The Morgan fingerprint density at radius 3 is 2.58 bits per heavy atom. The molecule has 10 unspecified atom stereocenters. The predicted molar refractivity (Wildman–Crippen MR) is 41.2 cm³/mol. The molecule has 0 bridgehead atoms. The van der Waals surface area contributed by atoms with Gasteiger partial charge < -0.3 is 4.74 Å². The van der Waals surface area contributed by atoms with Gasteiger partial charge in [0.2, 0.25) is 0 Å². The molecule has 1 nitrogen and oxygen atoms in total. The van der Waals surface area contributed by atoms with Gasteiger partial charge >= 0.3 is 0 Å². The molecule has 1 saturated heterocycles. The van der Waals surface area contributed by atoms with E-state index in [0.717, 1.165) is 35.9 Å². The maximum Gasteiger partial charge on any atom is 0.0647 e. The summed E-state index contributed by atoms with van der Waals surface area (Å²) in [4.78, 5) is 0. The molecule has 0 aromatic carbocycles. The lowest BCUT2D eigenvalue weighted by atomic mass is 9.77. The van der Waals surface area contributed by atoms with Gasteiger partial charge in [0.25, 0.3) is 0 Å². The fourth-order valence-electron chi connectivity index (χ4n) is 6.73. The van der Waals surface area contributed by atoms with Crippen molar-refractivity contribution in [2.45, 2.75) is 18.6 Å². The van der Waals surface area contributed by atoms with E-state index < -0.39 is 0 Å². The van der Waals surface area contributed by atoms with Crippen molar-refractivity contribution in [3.63, 3.8) is 0 Å². The first-order valence-electron chi connectivity index (χ1n) is 5.62. The van der Waals surface area contributed by atoms with Crippen LogP contribution in [0.2, 0.25) is 0 Å². The van der Waals surface area contributed by atoms with E-state index in [1.807, 2.05) is 0 Å². The molecule has 0 spiro atoms. The number of ether oxygens (including phenoxy) is 1. The zero-order valence-corrected chi connectivity index (χ0v) is 6.89. The van der Waals surface area contributed by atoms with Gasteiger partial charge in [-0.2, -0.15) is 0 Å². The van der Waals surface area contributed by atoms with Crippen LogP contribution < -0.4 is 0 Å². The molecule has 6 aliphatic rings. The Kier molecular flexibility index (Phi) is 0.443. The average Bonchev–Trinajstić information content (AvgIpc) is 2.40. The Balaban J connectivity index is 1.82. The van der Waals surface area contributed by atoms with Gasteiger partial charge in [-0.15, -0.1) is 0 Å². The molecule has 1 heterocycles. The molecule has 1 heteroatoms. The molecule has 0 radical (unpaired) electrons. The molecule has 6 rings (SSSR count). The van der Waals surface area contributed by atoms with Gasteiger partial charge in [-0.05, 0) is 53.8 Å². The molecule has 1 aliphatic heterocycles. The van der Waals surface area contributed by atoms with Crippen molar-refractivity contribution in [2.75, 3.05) is 0 Å². The van der Waals surface area contributed by atoms with Crippen LogP contribution in [0.25, 0.3) is 0 Å². The molecule has 6 fully saturated rings. The fourth-order valence-corrected chi connectivity index (χ4v) is 6.73. The van der Waals surface area contributed by atoms with Gasteiger partial charge in [-0.1, -0.05) is 0 Å². The van der Waals surface area contributed by atoms with Crippen LogP contribution in [0.1, 0.15) is 6.42 Å². The van der Waals surface area contributed by atoms with Gasteiger partial charge in [-0.25, -0.2) is 0 Å². The van der Waals surface area contributed by atoms with Crippen molar-refractivity contribution in [1.29, 1.82) is 0 Å². The Bertz CT molecular complexity index is 273. The minimum atomic E-state index is 0.750. The predicted octanol–water partition coefficient (Wildman–Crippen LogP) is 1.14. The topological polar surface area (TPSA) is 9.23 Å². The molecule has 5 saturated carbocycles. The Hall–Kier alpha value is -0.0400. The molecular formula is C11H12O. The highest BCUT2D eigenvalue weighted by Crippen LogP contribution is 2.89. The van der Waals surface area contributed by atoms with Crippen LogP contribution in [0.3, 0.4) is 0 Å². The number of rotatable bonds is 0. The summed E-state index contributed by atoms with van der Waals surface area (Å²) in [6.07, 6.45) is 3.00. The SMILES string of the molecule is C1C2OC3C4C1C1C2C3C2C4C12. The van der Waals surface area contributed by atoms with E-state index >= 15 is 0 Å². The molecule has 10 atom stereocenters. The first-order chi connectivity index (χ1) is 5.97. The van der Waals surface area contributed by atoms with E-state index in [9.17, 15) is 0 Å². The van der Waals surface area contributed by atoms with E-state index in [0.29, 0.717) is 0 Å². The summed E-state index contributed by atoms with van der Waals surface area (Å²) in [6.45, 7) is 0. The van der Waals surface area contributed by atoms with Crippen LogP contribution in [-0.2, 0) is 4.74 Å². The van der Waals surface area contributed by atoms with Crippen molar-refractivity contribution < 1.29 is 4.74 Å². The first kappa shape index (κ1) is 4.99. The first-order valence-corrected chi connectivity index (χ1v) is 5.62. The van der Waals surface area contributed by atoms with Gasteiger partial charge in [0.05, 0.1) is 12.2 Å². The number of hydrogen-bond acceptors (Lipinski definition) is 1. The maximum atomic E-state index is 6.16. The van der Waals surface area contributed by atoms with Crippen LogP contribution in [0, 0.1) is 47.3 Å². The smallest absolute Gasteiger partial charge is 0.0647 e. The third-order valence-corrected chi connectivity index (χ3v) is 6.43. The highest BCUT2D eigenvalue weighted by Gasteiger charge is 2.89. The second-order valence-corrected chi connectivity index (χ2v) is 6.08. The second kappa shape index (κ2) is 1.06. The van der Waals surface area contributed by atoms with Crippen molar-refractivity contribution >= 4 is 0 Å². The van der Waals surface area contributed by atoms with Crippen molar-refractivity contribution in [2.24, 2.45) is 47.3 Å². The highest BCUT2D eigenvalue weighted by atomic mass is 16.5. The molecular weight excluding hydrogens is 148 g/mol. The van der Waals surface area contributed by atoms with E-state index in [1.165, 1.54) is 30.1 Å². The summed E-state index contributed by atoms with van der Waals surface area (Å²) < 4.78 is 6.16. The van der Waals surface area contributed by atoms with E-state index in [-0.39, 0.29) is 0 Å². The van der Waals surface area contributed by atoms with Gasteiger partial charge in [0.15, 0.2) is 0 Å². The zero-order valence-electron chi connectivity index (χ0n) is 6.89. The summed E-state index contributed by atoms with van der Waals surface area (Å²) in [5, 5.41) is 0. The average molecular weight is 160 g/mol. The summed E-state index contributed by atoms with van der Waals surface area (Å²) in [7, 11) is 0. The van der Waals surface area contributed by atoms with E-state index in [2.05, 4.69) is 0 Å². The lowest BCUT2D eigenvalue weighted by Crippen LogP contribution is -2.33. The summed E-state index contributed by atoms with van der Waals surface area (Å²) in [6, 6.07) is 0. The molecule has 62 valence electrons. The van der Waals surface area contributed by atoms with Crippen molar-refractivity contribution in [1.82, 2.24) is 0 Å². The van der Waals surface area contributed by atoms with Gasteiger partial charge in [0.1, 0.15) is 0 Å². The summed E-state index contributed by atoms with van der Waals surface area (Å²) in [5.41, 5.74) is 0. The molecule has 0 aromatic rings. The zero-order chi connectivity index (χ0) is 7.19. The Morgan fingerprint density at radius 1 is 0.750 bits per heavy atom. The van der Waals surface area contributed by atoms with Crippen LogP contribution in [0.5, 0.6) is 0 Å². The summed E-state index contributed by atoms with van der Waals surface area (Å²) >= 11 is 0. The van der Waals surface area contributed by atoms with Gasteiger partial charge in [0, 0.05) is 0 Å². The molecule has 5 aliphatic carbocycles. The lowest BCUT2D eigenvalue weighted by Gasteiger charge is -2.31. The Morgan fingerprint density at radius 2 is 1.58 bits per heavy atom. The van der Waals surface area contributed by atoms with Gasteiger partial charge in [-0.3, -0.25) is 0 Å². The van der Waals surface area contributed by atoms with Crippen molar-refractivity contribution in [3.8, 4) is 0 Å². The highest BCUT2D eigenvalue weighted by molar-refractivity contribution is 5.35. The number of hydrogen-bond donors (Lipinski definition) is 0. The maximum absolute atomic E-state index is 6.16. The third kappa shape index (κ3) is 0.238. The van der Waals surface area contributed by atoms with E-state index in [1.54, 1.807) is 0 Å². The van der Waals surface area contributed by atoms with Crippen molar-refractivity contribution in [3.05, 3.63) is 0 Å². The minimum Gasteiger partial charge on any atom is -0.374 e. The lowest BCUT2D eigenvalue weighted by molar-refractivity contribution is -0.0443. The molecule has 0 N–H and O–H groups in total. The third-order valence-electron chi connectivity index (χ3n) is 6.43. The quantitative estimate of drug-likeness (QED) is 0.516. The van der Waals surface area contributed by atoms with Crippen LogP contribution >= 0.6 is 0 Å². The van der Waals surface area contributed by atoms with Crippen LogP contribution in [0.4, 0.5) is 0 Å². The Labute approximate surface area is 71.5 Å². The molecule has 0 aromatic heterocycles. The standard InChI is InChI=1S/C11H12O/c1-2-4-6-3(1)12-11-5(2)8-7(4)9(8)10(6)11/h2-11H,1H2. The normalized spacial score (nSPS) is 94.0. The molecule has 0 amide bonds. The largest absolute Gasteiger partial charge is 0.374 e. The minimum absolute atomic E-state index is 0.750. The monoisotopic (exact) mass is 160 g/mol. The second-order valence-electron chi connectivity index (χ2n) is 6.08. The van der Waals surface area contributed by atoms with E-state index in [4.69, 9.17) is 4.74 Å². The number of fused-ring (bicyclic) bond motifs is 2. The molecule has 12 heavy (non-hydrogen) atoms. The van der Waals surface area contributed by atoms with Crippen LogP contribution in [0.15, 0.2) is 0 Å². The fraction of sp³-hybridized carbons (Fsp3) is 1.00. The van der Waals surface area contributed by atoms with Crippen LogP contribution in [-0.4, -0.2) is 12.2 Å².